The van der Waals surface area contributed by atoms with Gasteiger partial charge < -0.3 is 5.32 Å². The molecule has 2 rings (SSSR count). The van der Waals surface area contributed by atoms with Gasteiger partial charge in [-0.05, 0) is 37.5 Å². The topological polar surface area (TPSA) is 89.3 Å². The second-order valence-corrected chi connectivity index (χ2v) is 8.39. The zero-order valence-electron chi connectivity index (χ0n) is 11.4. The molecule has 7 heteroatoms. The number of nitrogens with one attached hydrogen (secondary N) is 1. The molecule has 1 fully saturated rings. The molecule has 1 atom stereocenters. The van der Waals surface area contributed by atoms with Gasteiger partial charge in [0.2, 0.25) is 10.0 Å². The van der Waals surface area contributed by atoms with Gasteiger partial charge >= 0.3 is 0 Å². The molecule has 3 N–H and O–H groups in total. The van der Waals surface area contributed by atoms with Crippen molar-refractivity contribution in [2.24, 2.45) is 5.14 Å². The normalized spacial score (nSPS) is 25.3. The molecule has 1 aromatic carbocycles. The molecule has 112 valence electrons. The third-order valence-electron chi connectivity index (χ3n) is 3.56. The summed E-state index contributed by atoms with van der Waals surface area (Å²) in [4.78, 5) is 0.133. The molecule has 1 saturated heterocycles. The molecule has 0 radical (unpaired) electrons. The molecular formula is C13H20N2O3S2. The Morgan fingerprint density at radius 2 is 2.00 bits per heavy atom. The lowest BCUT2D eigenvalue weighted by molar-refractivity contribution is 0.426. The first-order valence-electron chi connectivity index (χ1n) is 6.60. The lowest BCUT2D eigenvalue weighted by Gasteiger charge is -2.26. The summed E-state index contributed by atoms with van der Waals surface area (Å²) in [6, 6.07) is 7.05. The van der Waals surface area contributed by atoms with Gasteiger partial charge in [0, 0.05) is 34.4 Å². The van der Waals surface area contributed by atoms with Crippen molar-refractivity contribution in [3.8, 4) is 0 Å². The molecule has 5 nitrogen and oxygen atoms in total. The van der Waals surface area contributed by atoms with Gasteiger partial charge in [-0.15, -0.1) is 0 Å². The minimum Gasteiger partial charge on any atom is -0.307 e. The minimum atomic E-state index is -3.67. The van der Waals surface area contributed by atoms with E-state index in [1.807, 2.05) is 13.0 Å². The summed E-state index contributed by atoms with van der Waals surface area (Å²) in [6.45, 7) is 1.99. The Labute approximate surface area is 122 Å². The fourth-order valence-corrected chi connectivity index (χ4v) is 4.24. The first kappa shape index (κ1) is 15.6. The lowest BCUT2D eigenvalue weighted by Crippen LogP contribution is -2.37. The second-order valence-electron chi connectivity index (χ2n) is 5.13. The molecule has 0 aliphatic carbocycles. The van der Waals surface area contributed by atoms with Crippen LogP contribution in [0.1, 0.15) is 31.4 Å². The number of hydrogen-bond donors (Lipinski definition) is 2. The highest BCUT2D eigenvalue weighted by Gasteiger charge is 2.20. The zero-order valence-corrected chi connectivity index (χ0v) is 13.0. The quantitative estimate of drug-likeness (QED) is 0.863. The first-order chi connectivity index (χ1) is 9.36. The molecule has 1 aromatic rings. The van der Waals surface area contributed by atoms with E-state index >= 15 is 0 Å². The molecule has 1 unspecified atom stereocenters. The van der Waals surface area contributed by atoms with E-state index in [1.54, 1.807) is 12.1 Å². The number of hydrogen-bond acceptors (Lipinski definition) is 4. The van der Waals surface area contributed by atoms with Crippen molar-refractivity contribution in [2.75, 3.05) is 11.5 Å². The Hall–Kier alpha value is -0.760. The highest BCUT2D eigenvalue weighted by atomic mass is 32.2. The average Bonchev–Trinajstić information content (AvgIpc) is 2.40. The van der Waals surface area contributed by atoms with Gasteiger partial charge in [0.25, 0.3) is 0 Å². The number of sulfonamides is 1. The van der Waals surface area contributed by atoms with Crippen LogP contribution in [0.25, 0.3) is 0 Å². The van der Waals surface area contributed by atoms with Crippen molar-refractivity contribution in [1.29, 1.82) is 0 Å². The Kier molecular flexibility index (Phi) is 4.95. The highest BCUT2D eigenvalue weighted by molar-refractivity contribution is 7.89. The summed E-state index contributed by atoms with van der Waals surface area (Å²) >= 11 is 0. The maximum atomic E-state index is 11.4. The van der Waals surface area contributed by atoms with Crippen LogP contribution in [-0.2, 0) is 20.8 Å². The third kappa shape index (κ3) is 4.12. The highest BCUT2D eigenvalue weighted by Crippen LogP contribution is 2.19. The van der Waals surface area contributed by atoms with Crippen LogP contribution >= 0.6 is 0 Å². The van der Waals surface area contributed by atoms with Gasteiger partial charge in [-0.25, -0.2) is 13.6 Å². The Morgan fingerprint density at radius 1 is 1.35 bits per heavy atom. The number of rotatable bonds is 4. The van der Waals surface area contributed by atoms with Gasteiger partial charge in [0.15, 0.2) is 0 Å². The lowest BCUT2D eigenvalue weighted by atomic mass is 10.1. The summed E-state index contributed by atoms with van der Waals surface area (Å²) in [7, 11) is -4.34. The summed E-state index contributed by atoms with van der Waals surface area (Å²) < 4.78 is 34.0. The molecule has 1 aliphatic rings. The SMILES string of the molecule is CC(NC1CCS(=O)CC1)c1cccc(S(N)(=O)=O)c1. The number of primary sulfonamides is 1. The van der Waals surface area contributed by atoms with Crippen molar-refractivity contribution in [1.82, 2.24) is 5.32 Å². The maximum absolute atomic E-state index is 11.4. The van der Waals surface area contributed by atoms with Crippen LogP contribution in [0.15, 0.2) is 29.2 Å². The van der Waals surface area contributed by atoms with Crippen LogP contribution in [0.2, 0.25) is 0 Å². The van der Waals surface area contributed by atoms with Gasteiger partial charge in [-0.1, -0.05) is 12.1 Å². The second kappa shape index (κ2) is 6.34. The van der Waals surface area contributed by atoms with Gasteiger partial charge in [0.1, 0.15) is 0 Å². The molecule has 0 bridgehead atoms. The van der Waals surface area contributed by atoms with Crippen molar-refractivity contribution < 1.29 is 12.6 Å². The van der Waals surface area contributed by atoms with E-state index in [0.29, 0.717) is 6.04 Å². The van der Waals surface area contributed by atoms with Crippen molar-refractivity contribution in [3.05, 3.63) is 29.8 Å². The van der Waals surface area contributed by atoms with Gasteiger partial charge in [0.05, 0.1) is 4.90 Å². The van der Waals surface area contributed by atoms with Gasteiger partial charge in [-0.3, -0.25) is 4.21 Å². The molecule has 1 aliphatic heterocycles. The van der Waals surface area contributed by atoms with Crippen LogP contribution in [0, 0.1) is 0 Å². The largest absolute Gasteiger partial charge is 0.307 e. The Morgan fingerprint density at radius 3 is 2.60 bits per heavy atom. The molecule has 0 spiro atoms. The standard InChI is InChI=1S/C13H20N2O3S2/c1-10(15-12-5-7-19(16)8-6-12)11-3-2-4-13(9-11)20(14,17)18/h2-4,9-10,12,15H,5-8H2,1H3,(H2,14,17,18). The maximum Gasteiger partial charge on any atom is 0.238 e. The first-order valence-corrected chi connectivity index (χ1v) is 9.63. The van der Waals surface area contributed by atoms with Crippen molar-refractivity contribution in [2.45, 2.75) is 36.7 Å². The summed E-state index contributed by atoms with van der Waals surface area (Å²) in [5, 5.41) is 8.61. The molecule has 0 saturated carbocycles. The Bertz CT molecular complexity index is 591. The van der Waals surface area contributed by atoms with Crippen LogP contribution in [0.5, 0.6) is 0 Å². The van der Waals surface area contributed by atoms with E-state index in [9.17, 15) is 12.6 Å². The van der Waals surface area contributed by atoms with E-state index in [4.69, 9.17) is 5.14 Å². The van der Waals surface area contributed by atoms with Crippen molar-refractivity contribution >= 4 is 20.8 Å². The van der Waals surface area contributed by atoms with Crippen LogP contribution in [0.4, 0.5) is 0 Å². The summed E-state index contributed by atoms with van der Waals surface area (Å²) in [6.07, 6.45) is 1.79. The zero-order chi connectivity index (χ0) is 14.8. The number of nitrogens with two attached hydrogens (primary N) is 1. The predicted octanol–water partition coefficient (Wildman–Crippen LogP) is 0.896. The van der Waals surface area contributed by atoms with E-state index in [-0.39, 0.29) is 10.9 Å². The van der Waals surface area contributed by atoms with E-state index < -0.39 is 20.8 Å². The summed E-state index contributed by atoms with van der Waals surface area (Å²) in [5.74, 6) is 1.48. The minimum absolute atomic E-state index is 0.0354. The smallest absolute Gasteiger partial charge is 0.238 e. The van der Waals surface area contributed by atoms with Crippen LogP contribution in [-0.4, -0.2) is 30.2 Å². The van der Waals surface area contributed by atoms with Crippen LogP contribution < -0.4 is 10.5 Å². The van der Waals surface area contributed by atoms with Crippen molar-refractivity contribution in [3.63, 3.8) is 0 Å². The van der Waals surface area contributed by atoms with E-state index in [1.165, 1.54) is 6.07 Å². The van der Waals surface area contributed by atoms with Crippen LogP contribution in [0.3, 0.4) is 0 Å². The summed E-state index contributed by atoms with van der Waals surface area (Å²) in [5.41, 5.74) is 0.892. The van der Waals surface area contributed by atoms with E-state index in [2.05, 4.69) is 5.32 Å². The average molecular weight is 316 g/mol. The molecule has 0 amide bonds. The predicted molar refractivity (Wildman–Crippen MR) is 80.3 cm³/mol. The molecule has 1 heterocycles. The molecule has 20 heavy (non-hydrogen) atoms. The molecular weight excluding hydrogens is 296 g/mol. The fraction of sp³-hybridized carbons (Fsp3) is 0.538. The van der Waals surface area contributed by atoms with E-state index in [0.717, 1.165) is 29.9 Å². The number of benzene rings is 1. The third-order valence-corrected chi connectivity index (χ3v) is 5.85. The Balaban J connectivity index is 2.06. The fourth-order valence-electron chi connectivity index (χ4n) is 2.37. The molecule has 0 aromatic heterocycles. The monoisotopic (exact) mass is 316 g/mol. The van der Waals surface area contributed by atoms with Gasteiger partial charge in [-0.2, -0.15) is 0 Å².